The molecule has 0 atom stereocenters. The van der Waals surface area contributed by atoms with Crippen LogP contribution in [0.2, 0.25) is 0 Å². The molecule has 3 rings (SSSR count). The summed E-state index contributed by atoms with van der Waals surface area (Å²) in [5.41, 5.74) is 7.07. The molecule has 0 radical (unpaired) electrons. The van der Waals surface area contributed by atoms with E-state index < -0.39 is 0 Å². The quantitative estimate of drug-likeness (QED) is 0.616. The first-order valence-electron chi connectivity index (χ1n) is 7.72. The van der Waals surface area contributed by atoms with Crippen molar-refractivity contribution in [1.29, 1.82) is 0 Å². The van der Waals surface area contributed by atoms with E-state index in [1.54, 1.807) is 5.56 Å². The van der Waals surface area contributed by atoms with Crippen molar-refractivity contribution >= 4 is 18.1 Å². The number of benzene rings is 1. The Morgan fingerprint density at radius 3 is 2.57 bits per heavy atom. The van der Waals surface area contributed by atoms with Gasteiger partial charge in [0.25, 0.3) is 0 Å². The maximum Gasteiger partial charge on any atom is 0.118 e. The molecule has 1 aromatic rings. The number of fused-ring (bicyclic) bond motifs is 2. The monoisotopic (exact) mass is 308 g/mol. The average Bonchev–Trinajstić information content (AvgIpc) is 3.02. The Morgan fingerprint density at radius 1 is 1.05 bits per heavy atom. The first kappa shape index (κ1) is 16.3. The lowest BCUT2D eigenvalue weighted by molar-refractivity contribution is 0.135. The number of hydrogen-bond donors (Lipinski definition) is 0. The largest absolute Gasteiger partial charge is 0.396 e. The van der Waals surface area contributed by atoms with Crippen LogP contribution in [-0.4, -0.2) is 37.9 Å². The van der Waals surface area contributed by atoms with Gasteiger partial charge in [-0.2, -0.15) is 0 Å². The third kappa shape index (κ3) is 3.78. The van der Waals surface area contributed by atoms with Crippen LogP contribution in [0.4, 0.5) is 0 Å². The molecule has 0 heterocycles. The van der Waals surface area contributed by atoms with Gasteiger partial charge in [-0.25, -0.2) is 0 Å². The van der Waals surface area contributed by atoms with E-state index >= 15 is 0 Å². The van der Waals surface area contributed by atoms with Crippen molar-refractivity contribution in [3.05, 3.63) is 34.4 Å². The molecule has 0 saturated carbocycles. The van der Waals surface area contributed by atoms with Crippen LogP contribution >= 0.6 is 12.4 Å². The Bertz CT molecular complexity index is 526. The fourth-order valence-corrected chi connectivity index (χ4v) is 3.20. The van der Waals surface area contributed by atoms with Gasteiger partial charge in [0.1, 0.15) is 6.61 Å². The highest BCUT2D eigenvalue weighted by Crippen LogP contribution is 2.30. The molecule has 1 aromatic carbocycles. The number of oxime groups is 1. The zero-order valence-corrected chi connectivity index (χ0v) is 13.8. The van der Waals surface area contributed by atoms with E-state index in [0.29, 0.717) is 6.61 Å². The van der Waals surface area contributed by atoms with E-state index in [-0.39, 0.29) is 12.4 Å². The van der Waals surface area contributed by atoms with Gasteiger partial charge >= 0.3 is 0 Å². The normalized spacial score (nSPS) is 17.8. The van der Waals surface area contributed by atoms with E-state index in [9.17, 15) is 0 Å². The number of halogens is 1. The molecule has 2 aliphatic rings. The molecule has 0 aliphatic heterocycles. The summed E-state index contributed by atoms with van der Waals surface area (Å²) in [5.74, 6) is 0. The van der Waals surface area contributed by atoms with Crippen molar-refractivity contribution in [1.82, 2.24) is 4.90 Å². The minimum absolute atomic E-state index is 0. The van der Waals surface area contributed by atoms with Crippen molar-refractivity contribution in [3.8, 4) is 0 Å². The molecule has 21 heavy (non-hydrogen) atoms. The lowest BCUT2D eigenvalue weighted by Crippen LogP contribution is -2.14. The minimum atomic E-state index is 0. The van der Waals surface area contributed by atoms with Gasteiger partial charge in [-0.3, -0.25) is 0 Å². The molecule has 0 bridgehead atoms. The van der Waals surface area contributed by atoms with Crippen molar-refractivity contribution in [2.75, 3.05) is 27.2 Å². The molecule has 0 N–H and O–H groups in total. The maximum absolute atomic E-state index is 5.51. The van der Waals surface area contributed by atoms with Gasteiger partial charge in [-0.1, -0.05) is 11.2 Å². The van der Waals surface area contributed by atoms with Crippen LogP contribution in [0.5, 0.6) is 0 Å². The zero-order valence-electron chi connectivity index (χ0n) is 13.0. The van der Waals surface area contributed by atoms with Crippen LogP contribution in [0, 0.1) is 0 Å². The van der Waals surface area contributed by atoms with Crippen LogP contribution in [0.1, 0.15) is 41.5 Å². The van der Waals surface area contributed by atoms with Crippen molar-refractivity contribution in [2.24, 2.45) is 5.16 Å². The number of rotatable bonds is 5. The Labute approximate surface area is 133 Å². The summed E-state index contributed by atoms with van der Waals surface area (Å²) >= 11 is 0. The zero-order chi connectivity index (χ0) is 13.9. The van der Waals surface area contributed by atoms with Crippen LogP contribution in [0.25, 0.3) is 0 Å². The Morgan fingerprint density at radius 2 is 1.81 bits per heavy atom. The van der Waals surface area contributed by atoms with Crippen molar-refractivity contribution < 1.29 is 4.84 Å². The summed E-state index contributed by atoms with van der Waals surface area (Å²) in [4.78, 5) is 7.68. The Hall–Kier alpha value is -1.06. The highest BCUT2D eigenvalue weighted by molar-refractivity contribution is 6.04. The van der Waals surface area contributed by atoms with E-state index in [1.165, 1.54) is 36.0 Å². The first-order valence-corrected chi connectivity index (χ1v) is 7.72. The third-order valence-electron chi connectivity index (χ3n) is 4.28. The molecule has 2 aliphatic carbocycles. The minimum Gasteiger partial charge on any atom is -0.396 e. The number of nitrogens with zero attached hydrogens (tertiary/aromatic N) is 2. The third-order valence-corrected chi connectivity index (χ3v) is 4.28. The highest BCUT2D eigenvalue weighted by Gasteiger charge is 2.22. The van der Waals surface area contributed by atoms with Crippen LogP contribution in [0.15, 0.2) is 17.3 Å². The second-order valence-electron chi connectivity index (χ2n) is 6.16. The molecule has 3 nitrogen and oxygen atoms in total. The van der Waals surface area contributed by atoms with E-state index in [2.05, 4.69) is 36.3 Å². The van der Waals surface area contributed by atoms with Gasteiger partial charge in [-0.15, -0.1) is 12.4 Å². The molecule has 0 amide bonds. The molecule has 0 saturated heterocycles. The van der Waals surface area contributed by atoms with Crippen molar-refractivity contribution in [3.63, 3.8) is 0 Å². The summed E-state index contributed by atoms with van der Waals surface area (Å²) < 4.78 is 0. The van der Waals surface area contributed by atoms with Crippen LogP contribution < -0.4 is 0 Å². The Balaban J connectivity index is 0.00000161. The standard InChI is InChI=1S/C17H24N2O.ClH/c1-19(2)9-4-10-20-18-17-8-7-15-11-13-5-3-6-14(13)12-16(15)17;/h11-12H,3-10H2,1-2H3;1H/b18-17-;. The lowest BCUT2D eigenvalue weighted by Gasteiger charge is -2.08. The molecule has 0 aromatic heterocycles. The summed E-state index contributed by atoms with van der Waals surface area (Å²) in [7, 11) is 4.17. The summed E-state index contributed by atoms with van der Waals surface area (Å²) in [6, 6.07) is 4.78. The van der Waals surface area contributed by atoms with Gasteiger partial charge in [0.05, 0.1) is 5.71 Å². The summed E-state index contributed by atoms with van der Waals surface area (Å²) in [6.07, 6.45) is 7.00. The van der Waals surface area contributed by atoms with E-state index in [4.69, 9.17) is 4.84 Å². The van der Waals surface area contributed by atoms with Gasteiger partial charge in [-0.05, 0) is 75.4 Å². The van der Waals surface area contributed by atoms with Gasteiger partial charge in [0, 0.05) is 12.1 Å². The van der Waals surface area contributed by atoms with E-state index in [1.807, 2.05) is 0 Å². The van der Waals surface area contributed by atoms with Crippen LogP contribution in [0.3, 0.4) is 0 Å². The van der Waals surface area contributed by atoms with E-state index in [0.717, 1.165) is 31.5 Å². The van der Waals surface area contributed by atoms with Gasteiger partial charge < -0.3 is 9.74 Å². The predicted octanol–water partition coefficient (Wildman–Crippen LogP) is 3.22. The topological polar surface area (TPSA) is 24.8 Å². The summed E-state index contributed by atoms with van der Waals surface area (Å²) in [5, 5.41) is 4.39. The molecule has 116 valence electrons. The fourth-order valence-electron chi connectivity index (χ4n) is 3.20. The first-order chi connectivity index (χ1) is 9.74. The Kier molecular flexibility index (Phi) is 5.65. The number of aryl methyl sites for hydroxylation is 3. The molecule has 4 heteroatoms. The van der Waals surface area contributed by atoms with Gasteiger partial charge in [0.2, 0.25) is 0 Å². The van der Waals surface area contributed by atoms with Crippen LogP contribution in [-0.2, 0) is 24.1 Å². The molecular formula is C17H25ClN2O. The average molecular weight is 309 g/mol. The second-order valence-corrected chi connectivity index (χ2v) is 6.16. The molecule has 0 unspecified atom stereocenters. The second kappa shape index (κ2) is 7.28. The fraction of sp³-hybridized carbons (Fsp3) is 0.588. The predicted molar refractivity (Wildman–Crippen MR) is 89.7 cm³/mol. The SMILES string of the molecule is CN(C)CCCO/N=C1/CCc2cc3c(cc21)CCC3.Cl. The maximum atomic E-state index is 5.51. The highest BCUT2D eigenvalue weighted by atomic mass is 35.5. The smallest absolute Gasteiger partial charge is 0.118 e. The molecule has 0 spiro atoms. The lowest BCUT2D eigenvalue weighted by atomic mass is 10.0. The van der Waals surface area contributed by atoms with Gasteiger partial charge in [0.15, 0.2) is 0 Å². The summed E-state index contributed by atoms with van der Waals surface area (Å²) in [6.45, 7) is 1.76. The van der Waals surface area contributed by atoms with Crippen molar-refractivity contribution in [2.45, 2.75) is 38.5 Å². The number of hydrogen-bond acceptors (Lipinski definition) is 3. The molecular weight excluding hydrogens is 284 g/mol. The molecule has 0 fully saturated rings.